The molecule has 0 amide bonds. The molecule has 1 N–H and O–H groups in total. The summed E-state index contributed by atoms with van der Waals surface area (Å²) in [5, 5.41) is 3.54. The summed E-state index contributed by atoms with van der Waals surface area (Å²) >= 11 is 0. The quantitative estimate of drug-likeness (QED) is 0.260. The van der Waals surface area contributed by atoms with Gasteiger partial charge in [-0.3, -0.25) is 4.99 Å². The zero-order valence-electron chi connectivity index (χ0n) is 30.5. The Morgan fingerprint density at radius 3 is 2.56 bits per heavy atom. The third-order valence-corrected chi connectivity index (χ3v) is 10.3. The van der Waals surface area contributed by atoms with Crippen molar-refractivity contribution in [1.82, 2.24) is 9.88 Å². The van der Waals surface area contributed by atoms with Crippen LogP contribution in [0.5, 0.6) is 0 Å². The molecule has 5 rings (SSSR count). The van der Waals surface area contributed by atoms with Crippen molar-refractivity contribution in [2.45, 2.75) is 77.9 Å². The van der Waals surface area contributed by atoms with Crippen molar-refractivity contribution in [3.8, 4) is 0 Å². The molecule has 0 spiro atoms. The van der Waals surface area contributed by atoms with E-state index in [1.165, 1.54) is 12.1 Å². The Kier molecular flexibility index (Phi) is 11.8. The number of amidine groups is 1. The van der Waals surface area contributed by atoms with E-state index in [9.17, 15) is 4.21 Å². The second-order valence-corrected chi connectivity index (χ2v) is 17.7. The van der Waals surface area contributed by atoms with Crippen LogP contribution in [0.25, 0.3) is 0 Å². The predicted molar refractivity (Wildman–Crippen MR) is 203 cm³/mol. The van der Waals surface area contributed by atoms with E-state index >= 15 is 0 Å². The molecule has 2 fully saturated rings. The van der Waals surface area contributed by atoms with Crippen LogP contribution in [-0.4, -0.2) is 96.9 Å². The molecule has 4 heterocycles. The van der Waals surface area contributed by atoms with Gasteiger partial charge in [-0.15, -0.1) is 0 Å². The van der Waals surface area contributed by atoms with Crippen molar-refractivity contribution in [3.05, 3.63) is 42.5 Å². The Hall–Kier alpha value is -3.02. The van der Waals surface area contributed by atoms with Crippen LogP contribution in [0.2, 0.25) is 0 Å². The minimum absolute atomic E-state index is 0.130. The lowest BCUT2D eigenvalue weighted by atomic mass is 9.84. The van der Waals surface area contributed by atoms with Gasteiger partial charge in [-0.25, -0.2) is 9.19 Å². The van der Waals surface area contributed by atoms with Gasteiger partial charge in [0.15, 0.2) is 5.82 Å². The van der Waals surface area contributed by atoms with Crippen LogP contribution in [0.15, 0.2) is 56.8 Å². The zero-order chi connectivity index (χ0) is 34.5. The molecular weight excluding hydrogens is 621 g/mol. The number of anilines is 3. The molecule has 3 aliphatic rings. The summed E-state index contributed by atoms with van der Waals surface area (Å²) in [7, 11) is 1.95. The number of aliphatic imine (C=N–C) groups is 2. The van der Waals surface area contributed by atoms with Crippen LogP contribution in [0, 0.1) is 17.8 Å². The molecule has 0 saturated carbocycles. The molecule has 48 heavy (non-hydrogen) atoms. The first-order valence-corrected chi connectivity index (χ1v) is 20.1. The van der Waals surface area contributed by atoms with E-state index in [2.05, 4.69) is 90.4 Å². The standard InChI is InChI=1S/C37H58N8O2S/c1-9-23-47-37(3,4)24-32-16-13-28-19-21-38-36(41-35(28)45(32)34-12-10-11-33(40-34)42-48(7,8)46)39-30-14-17-31(18-15-30)44-25-27(2)29(26-44)20-22-43(5)6/h10-12,14-15,17-18,27-29,32H,9,13,16,19-26H2,1-8H3,(H,38,39)/t27-,28?,29+,32-/m0/s1. The van der Waals surface area contributed by atoms with Crippen LogP contribution in [0.3, 0.4) is 0 Å². The zero-order valence-corrected chi connectivity index (χ0v) is 31.3. The SMILES string of the molecule is CCCOC(C)(C)C[C@@H]1CCC2CCN=C(Nc3ccc(N4C[C@@H](CCN(C)C)[C@@H](C)C4)cc3)N=C2N1c1cccc(N=S(C)(C)=O)n1. The van der Waals surface area contributed by atoms with E-state index in [0.29, 0.717) is 24.2 Å². The van der Waals surface area contributed by atoms with Gasteiger partial charge in [-0.2, -0.15) is 9.36 Å². The number of benzene rings is 1. The highest BCUT2D eigenvalue weighted by Crippen LogP contribution is 2.37. The molecular formula is C37H58N8O2S. The summed E-state index contributed by atoms with van der Waals surface area (Å²) in [5.41, 5.74) is 1.93. The lowest BCUT2D eigenvalue weighted by Gasteiger charge is -2.43. The number of hydrogen-bond acceptors (Lipinski definition) is 10. The van der Waals surface area contributed by atoms with Crippen molar-refractivity contribution in [2.75, 3.05) is 74.5 Å². The van der Waals surface area contributed by atoms with Gasteiger partial charge in [-0.1, -0.05) is 19.9 Å². The number of ether oxygens (including phenoxy) is 1. The van der Waals surface area contributed by atoms with E-state index in [-0.39, 0.29) is 17.6 Å². The highest BCUT2D eigenvalue weighted by Gasteiger charge is 2.39. The van der Waals surface area contributed by atoms with Gasteiger partial charge in [0.25, 0.3) is 0 Å². The minimum atomic E-state index is -2.36. The average molecular weight is 679 g/mol. The number of guanidine groups is 1. The summed E-state index contributed by atoms with van der Waals surface area (Å²) in [5.74, 6) is 4.51. The molecule has 3 aliphatic heterocycles. The molecule has 2 saturated heterocycles. The van der Waals surface area contributed by atoms with Crippen molar-refractivity contribution in [1.29, 1.82) is 0 Å². The van der Waals surface area contributed by atoms with Crippen molar-refractivity contribution in [2.24, 2.45) is 32.1 Å². The van der Waals surface area contributed by atoms with E-state index in [1.54, 1.807) is 12.5 Å². The fraction of sp³-hybridized carbons (Fsp3) is 0.649. The van der Waals surface area contributed by atoms with Gasteiger partial charge in [0.1, 0.15) is 11.7 Å². The summed E-state index contributed by atoms with van der Waals surface area (Å²) in [6, 6.07) is 14.6. The van der Waals surface area contributed by atoms with Crippen LogP contribution in [0.4, 0.5) is 23.0 Å². The summed E-state index contributed by atoms with van der Waals surface area (Å²) in [4.78, 5) is 22.2. The van der Waals surface area contributed by atoms with Gasteiger partial charge >= 0.3 is 0 Å². The number of hydrogen-bond donors (Lipinski definition) is 1. The predicted octanol–water partition coefficient (Wildman–Crippen LogP) is 6.92. The number of piperidine rings is 1. The third kappa shape index (κ3) is 9.79. The highest BCUT2D eigenvalue weighted by atomic mass is 32.2. The van der Waals surface area contributed by atoms with Crippen LogP contribution in [0.1, 0.15) is 66.2 Å². The first-order valence-electron chi connectivity index (χ1n) is 17.8. The van der Waals surface area contributed by atoms with Gasteiger partial charge < -0.3 is 24.8 Å². The molecule has 4 atom stereocenters. The number of pyridine rings is 1. The van der Waals surface area contributed by atoms with Gasteiger partial charge in [0.05, 0.1) is 5.60 Å². The summed E-state index contributed by atoms with van der Waals surface area (Å²) < 4.78 is 23.3. The average Bonchev–Trinajstić information content (AvgIpc) is 3.27. The normalized spacial score (nSPS) is 23.4. The summed E-state index contributed by atoms with van der Waals surface area (Å²) in [6.45, 7) is 13.7. The van der Waals surface area contributed by atoms with Crippen molar-refractivity contribution >= 4 is 44.5 Å². The smallest absolute Gasteiger partial charge is 0.224 e. The third-order valence-electron chi connectivity index (χ3n) is 9.69. The van der Waals surface area contributed by atoms with E-state index in [0.717, 1.165) is 81.6 Å². The van der Waals surface area contributed by atoms with Crippen molar-refractivity contribution in [3.63, 3.8) is 0 Å². The maximum absolute atomic E-state index is 12.6. The van der Waals surface area contributed by atoms with Crippen molar-refractivity contribution < 1.29 is 8.95 Å². The number of nitrogens with zero attached hydrogens (tertiary/aromatic N) is 7. The number of rotatable bonds is 12. The lowest BCUT2D eigenvalue weighted by molar-refractivity contribution is -0.0281. The minimum Gasteiger partial charge on any atom is -0.376 e. The Balaban J connectivity index is 1.40. The van der Waals surface area contributed by atoms with E-state index in [1.807, 2.05) is 18.2 Å². The Bertz CT molecular complexity index is 1560. The maximum Gasteiger partial charge on any atom is 0.224 e. The van der Waals surface area contributed by atoms with Crippen LogP contribution < -0.4 is 15.1 Å². The Morgan fingerprint density at radius 2 is 1.85 bits per heavy atom. The Labute approximate surface area is 289 Å². The lowest BCUT2D eigenvalue weighted by Crippen LogP contribution is -2.51. The molecule has 0 radical (unpaired) electrons. The summed E-state index contributed by atoms with van der Waals surface area (Å²) in [6.07, 6.45) is 9.27. The topological polar surface area (TPSA) is 98.0 Å². The molecule has 0 aliphatic carbocycles. The first-order chi connectivity index (χ1) is 22.8. The number of fused-ring (bicyclic) bond motifs is 1. The second kappa shape index (κ2) is 15.7. The molecule has 1 aromatic carbocycles. The maximum atomic E-state index is 12.6. The molecule has 264 valence electrons. The molecule has 1 aromatic heterocycles. The molecule has 1 unspecified atom stereocenters. The van der Waals surface area contributed by atoms with E-state index in [4.69, 9.17) is 19.7 Å². The van der Waals surface area contributed by atoms with Gasteiger partial charge in [0.2, 0.25) is 5.96 Å². The fourth-order valence-electron chi connectivity index (χ4n) is 7.25. The number of aromatic nitrogens is 1. The molecule has 2 aromatic rings. The first kappa shape index (κ1) is 36.3. The molecule has 10 nitrogen and oxygen atoms in total. The number of nitrogens with one attached hydrogen (secondary N) is 1. The van der Waals surface area contributed by atoms with Gasteiger partial charge in [0, 0.05) is 71.8 Å². The fourth-order valence-corrected chi connectivity index (χ4v) is 7.80. The highest BCUT2D eigenvalue weighted by molar-refractivity contribution is 7.92. The molecule has 11 heteroatoms. The van der Waals surface area contributed by atoms with Gasteiger partial charge in [-0.05, 0) is 121 Å². The molecule has 0 bridgehead atoms. The van der Waals surface area contributed by atoms with Crippen LogP contribution in [-0.2, 0) is 14.5 Å². The van der Waals surface area contributed by atoms with E-state index < -0.39 is 9.73 Å². The monoisotopic (exact) mass is 678 g/mol. The van der Waals surface area contributed by atoms with Crippen LogP contribution >= 0.6 is 0 Å². The Morgan fingerprint density at radius 1 is 1.08 bits per heavy atom. The second-order valence-electron chi connectivity index (χ2n) is 15.1. The largest absolute Gasteiger partial charge is 0.376 e.